The average Bonchev–Trinajstić information content (AvgIpc) is 2.47. The van der Waals surface area contributed by atoms with Crippen LogP contribution >= 0.6 is 0 Å². The lowest BCUT2D eigenvalue weighted by Gasteiger charge is -2.15. The maximum atomic E-state index is 12.1. The first kappa shape index (κ1) is 12.9. The molecule has 0 saturated heterocycles. The Balaban J connectivity index is 2.06. The van der Waals surface area contributed by atoms with Crippen molar-refractivity contribution >= 4 is 11.7 Å². The molecule has 98 valence electrons. The van der Waals surface area contributed by atoms with Crippen LogP contribution in [0.2, 0.25) is 0 Å². The molecule has 0 saturated carbocycles. The highest BCUT2D eigenvalue weighted by atomic mass is 16.2. The number of carbonyl (C=O) groups excluding carboxylic acids is 1. The molecule has 0 atom stereocenters. The molecule has 2 heterocycles. The Hall–Kier alpha value is -2.50. The van der Waals surface area contributed by atoms with Crippen molar-refractivity contribution < 1.29 is 4.79 Å². The Kier molecular flexibility index (Phi) is 4.02. The lowest BCUT2D eigenvalue weighted by atomic mass is 10.3. The maximum Gasteiger partial charge on any atom is 0.274 e. The molecule has 0 bridgehead atoms. The summed E-state index contributed by atoms with van der Waals surface area (Å²) >= 11 is 0. The lowest BCUT2D eigenvalue weighted by Crippen LogP contribution is -2.27. The predicted octanol–water partition coefficient (Wildman–Crippen LogP) is 1.19. The van der Waals surface area contributed by atoms with Crippen molar-refractivity contribution in [1.82, 2.24) is 19.9 Å². The summed E-state index contributed by atoms with van der Waals surface area (Å²) < 4.78 is 0. The second kappa shape index (κ2) is 5.90. The van der Waals surface area contributed by atoms with E-state index < -0.39 is 0 Å². The van der Waals surface area contributed by atoms with Gasteiger partial charge in [0.2, 0.25) is 0 Å². The van der Waals surface area contributed by atoms with E-state index in [1.54, 1.807) is 25.2 Å². The van der Waals surface area contributed by atoms with Gasteiger partial charge in [-0.1, -0.05) is 6.07 Å². The maximum absolute atomic E-state index is 12.1. The number of nitrogens with zero attached hydrogens (tertiary/aromatic N) is 4. The van der Waals surface area contributed by atoms with Gasteiger partial charge >= 0.3 is 0 Å². The quantitative estimate of drug-likeness (QED) is 0.890. The zero-order valence-electron chi connectivity index (χ0n) is 10.9. The summed E-state index contributed by atoms with van der Waals surface area (Å²) in [5, 5.41) is 2.85. The predicted molar refractivity (Wildman–Crippen MR) is 71.6 cm³/mol. The summed E-state index contributed by atoms with van der Waals surface area (Å²) in [4.78, 5) is 26.0. The van der Waals surface area contributed by atoms with Gasteiger partial charge in [-0.25, -0.2) is 9.97 Å². The molecule has 0 fully saturated rings. The number of pyridine rings is 1. The normalized spacial score (nSPS) is 10.0. The standard InChI is InChI=1S/C13H15N5O/c1-14-12-8-16-11(7-17-12)13(19)18(2)9-10-5-3-4-6-15-10/h3-8H,9H2,1-2H3,(H,14,17). The summed E-state index contributed by atoms with van der Waals surface area (Å²) in [6.45, 7) is 0.440. The van der Waals surface area contributed by atoms with Gasteiger partial charge in [0, 0.05) is 20.3 Å². The molecular formula is C13H15N5O. The Bertz CT molecular complexity index is 541. The second-order valence-corrected chi connectivity index (χ2v) is 4.02. The molecule has 6 nitrogen and oxygen atoms in total. The van der Waals surface area contributed by atoms with Crippen LogP contribution in [0.4, 0.5) is 5.82 Å². The fourth-order valence-corrected chi connectivity index (χ4v) is 1.57. The van der Waals surface area contributed by atoms with Gasteiger partial charge in [0.1, 0.15) is 11.5 Å². The third-order valence-electron chi connectivity index (χ3n) is 2.60. The summed E-state index contributed by atoms with van der Waals surface area (Å²) in [7, 11) is 3.46. The minimum Gasteiger partial charge on any atom is -0.372 e. The Labute approximate surface area is 111 Å². The van der Waals surface area contributed by atoms with Crippen molar-refractivity contribution in [2.24, 2.45) is 0 Å². The number of carbonyl (C=O) groups is 1. The fourth-order valence-electron chi connectivity index (χ4n) is 1.57. The molecule has 0 aliphatic heterocycles. The number of rotatable bonds is 4. The highest BCUT2D eigenvalue weighted by Gasteiger charge is 2.14. The van der Waals surface area contributed by atoms with E-state index in [9.17, 15) is 4.79 Å². The third-order valence-corrected chi connectivity index (χ3v) is 2.60. The number of anilines is 1. The van der Waals surface area contributed by atoms with Gasteiger partial charge in [-0.15, -0.1) is 0 Å². The summed E-state index contributed by atoms with van der Waals surface area (Å²) in [6.07, 6.45) is 4.69. The molecule has 0 aliphatic carbocycles. The van der Waals surface area contributed by atoms with Crippen LogP contribution in [0.5, 0.6) is 0 Å². The highest BCUT2D eigenvalue weighted by Crippen LogP contribution is 2.05. The van der Waals surface area contributed by atoms with E-state index >= 15 is 0 Å². The second-order valence-electron chi connectivity index (χ2n) is 4.02. The Morgan fingerprint density at radius 3 is 2.68 bits per heavy atom. The van der Waals surface area contributed by atoms with Gasteiger partial charge in [0.25, 0.3) is 5.91 Å². The number of nitrogens with one attached hydrogen (secondary N) is 1. The average molecular weight is 257 g/mol. The van der Waals surface area contributed by atoms with Crippen LogP contribution in [-0.4, -0.2) is 39.9 Å². The van der Waals surface area contributed by atoms with Crippen LogP contribution < -0.4 is 5.32 Å². The van der Waals surface area contributed by atoms with Crippen LogP contribution in [0.3, 0.4) is 0 Å². The van der Waals surface area contributed by atoms with Crippen molar-refractivity contribution in [2.75, 3.05) is 19.4 Å². The zero-order valence-corrected chi connectivity index (χ0v) is 10.9. The summed E-state index contributed by atoms with van der Waals surface area (Å²) in [6, 6.07) is 5.61. The summed E-state index contributed by atoms with van der Waals surface area (Å²) in [5.41, 5.74) is 1.15. The van der Waals surface area contributed by atoms with Crippen molar-refractivity contribution in [3.05, 3.63) is 48.2 Å². The molecule has 0 radical (unpaired) electrons. The zero-order chi connectivity index (χ0) is 13.7. The third kappa shape index (κ3) is 3.25. The van der Waals surface area contributed by atoms with E-state index in [-0.39, 0.29) is 5.91 Å². The molecule has 2 aromatic rings. The van der Waals surface area contributed by atoms with Crippen LogP contribution in [0, 0.1) is 0 Å². The number of hydrogen-bond acceptors (Lipinski definition) is 5. The molecule has 1 N–H and O–H groups in total. The topological polar surface area (TPSA) is 71.0 Å². The van der Waals surface area contributed by atoms with Crippen molar-refractivity contribution in [3.63, 3.8) is 0 Å². The molecule has 6 heteroatoms. The van der Waals surface area contributed by atoms with Crippen LogP contribution in [0.1, 0.15) is 16.2 Å². The largest absolute Gasteiger partial charge is 0.372 e. The first-order valence-corrected chi connectivity index (χ1v) is 5.86. The Morgan fingerprint density at radius 1 is 1.26 bits per heavy atom. The first-order chi connectivity index (χ1) is 9.20. The summed E-state index contributed by atoms with van der Waals surface area (Å²) in [5.74, 6) is 0.449. The van der Waals surface area contributed by atoms with E-state index in [0.29, 0.717) is 18.1 Å². The van der Waals surface area contributed by atoms with Gasteiger partial charge in [-0.3, -0.25) is 9.78 Å². The monoisotopic (exact) mass is 257 g/mol. The molecule has 19 heavy (non-hydrogen) atoms. The lowest BCUT2D eigenvalue weighted by molar-refractivity contribution is 0.0777. The van der Waals surface area contributed by atoms with E-state index in [1.807, 2.05) is 18.2 Å². The van der Waals surface area contributed by atoms with Crippen molar-refractivity contribution in [3.8, 4) is 0 Å². The van der Waals surface area contributed by atoms with Gasteiger partial charge in [0.05, 0.1) is 24.6 Å². The molecule has 0 aliphatic rings. The smallest absolute Gasteiger partial charge is 0.274 e. The van der Waals surface area contributed by atoms with Crippen LogP contribution in [0.15, 0.2) is 36.8 Å². The molecule has 0 unspecified atom stereocenters. The SMILES string of the molecule is CNc1cnc(C(=O)N(C)Cc2ccccn2)cn1. The molecule has 1 amide bonds. The van der Waals surface area contributed by atoms with E-state index in [1.165, 1.54) is 12.4 Å². The van der Waals surface area contributed by atoms with Crippen LogP contribution in [0.25, 0.3) is 0 Å². The van der Waals surface area contributed by atoms with Gasteiger partial charge in [0.15, 0.2) is 0 Å². The highest BCUT2D eigenvalue weighted by molar-refractivity contribution is 5.91. The van der Waals surface area contributed by atoms with E-state index in [0.717, 1.165) is 5.69 Å². The Morgan fingerprint density at radius 2 is 2.11 bits per heavy atom. The fraction of sp³-hybridized carbons (Fsp3) is 0.231. The minimum absolute atomic E-state index is 0.180. The first-order valence-electron chi connectivity index (χ1n) is 5.86. The molecule has 0 spiro atoms. The number of aromatic nitrogens is 3. The molecule has 2 aromatic heterocycles. The molecule has 0 aromatic carbocycles. The van der Waals surface area contributed by atoms with Crippen molar-refractivity contribution in [2.45, 2.75) is 6.54 Å². The molecular weight excluding hydrogens is 242 g/mol. The van der Waals surface area contributed by atoms with Gasteiger partial charge in [-0.05, 0) is 12.1 Å². The number of hydrogen-bond donors (Lipinski definition) is 1. The molecule has 2 rings (SSSR count). The van der Waals surface area contributed by atoms with E-state index in [4.69, 9.17) is 0 Å². The van der Waals surface area contributed by atoms with Gasteiger partial charge < -0.3 is 10.2 Å². The minimum atomic E-state index is -0.180. The van der Waals surface area contributed by atoms with Crippen molar-refractivity contribution in [1.29, 1.82) is 0 Å². The van der Waals surface area contributed by atoms with Crippen LogP contribution in [-0.2, 0) is 6.54 Å². The van der Waals surface area contributed by atoms with Gasteiger partial charge in [-0.2, -0.15) is 0 Å². The number of amides is 1. The van der Waals surface area contributed by atoms with E-state index in [2.05, 4.69) is 20.3 Å².